The molecule has 21 heavy (non-hydrogen) atoms. The van der Waals surface area contributed by atoms with Crippen molar-refractivity contribution in [2.75, 3.05) is 13.7 Å². The second-order valence-corrected chi connectivity index (χ2v) is 5.43. The van der Waals surface area contributed by atoms with E-state index in [2.05, 4.69) is 19.2 Å². The van der Waals surface area contributed by atoms with E-state index in [9.17, 15) is 18.0 Å². The quantitative estimate of drug-likeness (QED) is 0.542. The maximum absolute atomic E-state index is 12.2. The van der Waals surface area contributed by atoms with Crippen LogP contribution in [0.15, 0.2) is 6.20 Å². The number of aromatic nitrogens is 2. The second-order valence-electron chi connectivity index (χ2n) is 4.43. The zero-order chi connectivity index (χ0) is 15.4. The van der Waals surface area contributed by atoms with Gasteiger partial charge in [0, 0.05) is 11.8 Å². The Kier molecular flexibility index (Phi) is 2.89. The lowest BCUT2D eigenvalue weighted by atomic mass is 9.98. The fourth-order valence-electron chi connectivity index (χ4n) is 2.52. The van der Waals surface area contributed by atoms with Gasteiger partial charge in [-0.25, -0.2) is 9.59 Å². The lowest BCUT2D eigenvalue weighted by molar-refractivity contribution is -0.146. The van der Waals surface area contributed by atoms with Crippen LogP contribution in [0.5, 0.6) is 0 Å². The molecule has 2 atom stereocenters. The van der Waals surface area contributed by atoms with E-state index in [-0.39, 0.29) is 12.2 Å². The first kappa shape index (κ1) is 13.8. The SMILES string of the molecule is COC(=O)C1c2n[nH]cc2[C@H]2CN1C(=O)N2OS(=O)(=O)O. The summed E-state index contributed by atoms with van der Waals surface area (Å²) in [6, 6.07) is -2.80. The van der Waals surface area contributed by atoms with Crippen LogP contribution < -0.4 is 0 Å². The zero-order valence-electron chi connectivity index (χ0n) is 10.6. The number of H-pyrrole nitrogens is 1. The Bertz CT molecular complexity index is 713. The molecule has 1 aromatic heterocycles. The van der Waals surface area contributed by atoms with Gasteiger partial charge in [0.2, 0.25) is 0 Å². The first-order chi connectivity index (χ1) is 9.83. The Morgan fingerprint density at radius 2 is 2.29 bits per heavy atom. The maximum Gasteiger partial charge on any atom is 0.418 e. The molecule has 114 valence electrons. The fraction of sp³-hybridized carbons (Fsp3) is 0.444. The second kappa shape index (κ2) is 4.41. The number of fused-ring (bicyclic) bond motifs is 4. The highest BCUT2D eigenvalue weighted by atomic mass is 32.3. The van der Waals surface area contributed by atoms with Gasteiger partial charge in [0.15, 0.2) is 6.04 Å². The summed E-state index contributed by atoms with van der Waals surface area (Å²) in [7, 11) is -3.72. The van der Waals surface area contributed by atoms with Crippen molar-refractivity contribution in [3.05, 3.63) is 17.5 Å². The summed E-state index contributed by atoms with van der Waals surface area (Å²) < 4.78 is 39.4. The molecule has 2 N–H and O–H groups in total. The highest BCUT2D eigenvalue weighted by Crippen LogP contribution is 2.43. The van der Waals surface area contributed by atoms with Crippen molar-refractivity contribution in [3.8, 4) is 0 Å². The average Bonchev–Trinajstić information content (AvgIpc) is 2.97. The standard InChI is InChI=1S/C9H10N4O7S/c1-19-8(14)7-6-4(2-10-11-6)5-3-12(7)9(15)13(5)20-21(16,17)18/h2,5,7H,3H2,1H3,(H,10,11)(H,16,17,18)/t5-,7?/m1/s1. The van der Waals surface area contributed by atoms with Crippen LogP contribution in [0, 0.1) is 0 Å². The largest absolute Gasteiger partial charge is 0.467 e. The Morgan fingerprint density at radius 1 is 1.57 bits per heavy atom. The number of carbonyl (C=O) groups excluding carboxylic acids is 2. The minimum atomic E-state index is -4.88. The molecule has 0 spiro atoms. The lowest BCUT2D eigenvalue weighted by Crippen LogP contribution is -2.39. The molecule has 2 bridgehead atoms. The number of aromatic amines is 1. The molecule has 0 aromatic carbocycles. The van der Waals surface area contributed by atoms with Gasteiger partial charge in [-0.05, 0) is 0 Å². The van der Waals surface area contributed by atoms with Crippen molar-refractivity contribution >= 4 is 22.4 Å². The number of amides is 2. The Hall–Kier alpha value is -2.18. The summed E-state index contributed by atoms with van der Waals surface area (Å²) in [6.07, 6.45) is 1.42. The first-order valence-electron chi connectivity index (χ1n) is 5.71. The van der Waals surface area contributed by atoms with Crippen LogP contribution in [0.25, 0.3) is 0 Å². The van der Waals surface area contributed by atoms with E-state index in [0.717, 1.165) is 12.0 Å². The van der Waals surface area contributed by atoms with E-state index in [1.165, 1.54) is 6.20 Å². The Labute approximate surface area is 118 Å². The number of hydrogen-bond donors (Lipinski definition) is 2. The van der Waals surface area contributed by atoms with Gasteiger partial charge < -0.3 is 9.64 Å². The van der Waals surface area contributed by atoms with E-state index in [1.54, 1.807) is 0 Å². The van der Waals surface area contributed by atoms with E-state index < -0.39 is 34.5 Å². The number of hydroxylamine groups is 2. The molecule has 3 heterocycles. The highest BCUT2D eigenvalue weighted by Gasteiger charge is 2.53. The number of esters is 1. The van der Waals surface area contributed by atoms with Gasteiger partial charge in [-0.2, -0.15) is 18.6 Å². The van der Waals surface area contributed by atoms with Crippen molar-refractivity contribution in [2.24, 2.45) is 0 Å². The minimum Gasteiger partial charge on any atom is -0.467 e. The third kappa shape index (κ3) is 2.03. The summed E-state index contributed by atoms with van der Waals surface area (Å²) in [4.78, 5) is 25.1. The summed E-state index contributed by atoms with van der Waals surface area (Å²) in [5.41, 5.74) is 0.657. The molecule has 1 unspecified atom stereocenters. The molecule has 0 radical (unpaired) electrons. The smallest absolute Gasteiger partial charge is 0.418 e. The van der Waals surface area contributed by atoms with Crippen molar-refractivity contribution in [1.82, 2.24) is 20.2 Å². The van der Waals surface area contributed by atoms with E-state index >= 15 is 0 Å². The van der Waals surface area contributed by atoms with Gasteiger partial charge >= 0.3 is 22.4 Å². The molecule has 12 heteroatoms. The van der Waals surface area contributed by atoms with Crippen LogP contribution in [0.4, 0.5) is 4.79 Å². The van der Waals surface area contributed by atoms with Gasteiger partial charge in [-0.1, -0.05) is 0 Å². The number of nitrogens with one attached hydrogen (secondary N) is 1. The van der Waals surface area contributed by atoms with Crippen molar-refractivity contribution in [2.45, 2.75) is 12.1 Å². The van der Waals surface area contributed by atoms with E-state index in [4.69, 9.17) is 4.55 Å². The first-order valence-corrected chi connectivity index (χ1v) is 7.08. The molecule has 1 aromatic rings. The van der Waals surface area contributed by atoms with Crippen molar-refractivity contribution < 1.29 is 31.6 Å². The summed E-state index contributed by atoms with van der Waals surface area (Å²) in [5, 5.41) is 6.93. The highest BCUT2D eigenvalue weighted by molar-refractivity contribution is 7.80. The van der Waals surface area contributed by atoms with Crippen LogP contribution in [-0.2, 0) is 24.2 Å². The van der Waals surface area contributed by atoms with Crippen LogP contribution >= 0.6 is 0 Å². The molecule has 1 saturated heterocycles. The Morgan fingerprint density at radius 3 is 2.90 bits per heavy atom. The van der Waals surface area contributed by atoms with Crippen molar-refractivity contribution in [3.63, 3.8) is 0 Å². The molecule has 2 amide bonds. The van der Waals surface area contributed by atoms with Gasteiger partial charge in [0.25, 0.3) is 0 Å². The lowest BCUT2D eigenvalue weighted by Gasteiger charge is -2.27. The van der Waals surface area contributed by atoms with Gasteiger partial charge in [-0.3, -0.25) is 9.65 Å². The van der Waals surface area contributed by atoms with Crippen LogP contribution in [0.3, 0.4) is 0 Å². The van der Waals surface area contributed by atoms with E-state index in [0.29, 0.717) is 10.6 Å². The normalized spacial score (nSPS) is 24.2. The van der Waals surface area contributed by atoms with Crippen LogP contribution in [0.1, 0.15) is 23.3 Å². The number of rotatable bonds is 3. The maximum atomic E-state index is 12.2. The van der Waals surface area contributed by atoms with Gasteiger partial charge in [0.1, 0.15) is 11.7 Å². The number of urea groups is 1. The minimum absolute atomic E-state index is 0.000648. The van der Waals surface area contributed by atoms with Crippen LogP contribution in [-0.4, -0.2) is 58.8 Å². The Balaban J connectivity index is 2.06. The van der Waals surface area contributed by atoms with E-state index in [1.807, 2.05) is 0 Å². The van der Waals surface area contributed by atoms with Crippen molar-refractivity contribution in [1.29, 1.82) is 0 Å². The molecule has 0 saturated carbocycles. The van der Waals surface area contributed by atoms with Gasteiger partial charge in [0.05, 0.1) is 13.7 Å². The fourth-order valence-corrected chi connectivity index (χ4v) is 2.89. The third-order valence-electron chi connectivity index (χ3n) is 3.32. The predicted octanol–water partition coefficient (Wildman–Crippen LogP) is -0.849. The monoisotopic (exact) mass is 318 g/mol. The molecular formula is C9H10N4O7S. The number of methoxy groups -OCH3 is 1. The average molecular weight is 318 g/mol. The molecular weight excluding hydrogens is 308 g/mol. The molecule has 1 fully saturated rings. The topological polar surface area (TPSA) is 142 Å². The summed E-state index contributed by atoms with van der Waals surface area (Å²) in [6.45, 7) is 0.000648. The molecule has 3 rings (SSSR count). The molecule has 0 aliphatic carbocycles. The molecule has 11 nitrogen and oxygen atoms in total. The summed E-state index contributed by atoms with van der Waals surface area (Å²) >= 11 is 0. The predicted molar refractivity (Wildman–Crippen MR) is 62.7 cm³/mol. The number of carbonyl (C=O) groups is 2. The number of nitrogens with zero attached hydrogens (tertiary/aromatic N) is 3. The molecule has 2 aliphatic heterocycles. The number of hydrogen-bond acceptors (Lipinski definition) is 7. The van der Waals surface area contributed by atoms with Gasteiger partial charge in [-0.15, -0.1) is 4.28 Å². The number of ether oxygens (including phenoxy) is 1. The summed E-state index contributed by atoms with van der Waals surface area (Å²) in [5.74, 6) is -0.719. The third-order valence-corrected chi connectivity index (χ3v) is 3.67. The zero-order valence-corrected chi connectivity index (χ0v) is 11.4. The molecule has 2 aliphatic rings. The van der Waals surface area contributed by atoms with Crippen LogP contribution in [0.2, 0.25) is 0 Å².